The summed E-state index contributed by atoms with van der Waals surface area (Å²) in [5.41, 5.74) is -0.0914. The van der Waals surface area contributed by atoms with Crippen LogP contribution in [0.3, 0.4) is 0 Å². The second-order valence-corrected chi connectivity index (χ2v) is 4.66. The summed E-state index contributed by atoms with van der Waals surface area (Å²) >= 11 is 0. The molecule has 1 amide bonds. The third-order valence-electron chi connectivity index (χ3n) is 3.17. The van der Waals surface area contributed by atoms with Crippen LogP contribution in [-0.2, 0) is 4.74 Å². The van der Waals surface area contributed by atoms with Gasteiger partial charge in [-0.3, -0.25) is 4.90 Å². The highest BCUT2D eigenvalue weighted by Crippen LogP contribution is 2.23. The first-order valence-electron chi connectivity index (χ1n) is 6.53. The van der Waals surface area contributed by atoms with Gasteiger partial charge in [0.1, 0.15) is 23.6 Å². The zero-order valence-electron chi connectivity index (χ0n) is 11.1. The number of anilines is 1. The quantitative estimate of drug-likeness (QED) is 0.882. The molecule has 1 saturated heterocycles. The van der Waals surface area contributed by atoms with Gasteiger partial charge in [0, 0.05) is 6.61 Å². The normalized spacial score (nSPS) is 18.2. The van der Waals surface area contributed by atoms with Crippen LogP contribution >= 0.6 is 0 Å². The van der Waals surface area contributed by atoms with Crippen LogP contribution in [0, 0.1) is 0 Å². The second-order valence-electron chi connectivity index (χ2n) is 4.66. The third-order valence-corrected chi connectivity index (χ3v) is 3.17. The minimum Gasteiger partial charge on any atom is -0.444 e. The number of fused-ring (bicyclic) bond motifs is 1. The van der Waals surface area contributed by atoms with Crippen molar-refractivity contribution in [1.29, 1.82) is 0 Å². The molecule has 2 aromatic heterocycles. The van der Waals surface area contributed by atoms with Gasteiger partial charge in [-0.15, -0.1) is 0 Å². The van der Waals surface area contributed by atoms with Crippen molar-refractivity contribution in [2.24, 2.45) is 0 Å². The Morgan fingerprint density at radius 1 is 1.38 bits per heavy atom. The van der Waals surface area contributed by atoms with Crippen molar-refractivity contribution in [1.82, 2.24) is 9.97 Å². The minimum absolute atomic E-state index is 0.0547. The fraction of sp³-hybridized carbons (Fsp3) is 0.385. The molecule has 1 atom stereocenters. The number of rotatable bonds is 4. The Bertz CT molecular complexity index is 729. The van der Waals surface area contributed by atoms with E-state index in [1.165, 1.54) is 4.90 Å². The number of aliphatic hydroxyl groups excluding tert-OH is 1. The average Bonchev–Trinajstić information content (AvgIpc) is 2.85. The number of carbonyl (C=O) groups is 1. The van der Waals surface area contributed by atoms with Gasteiger partial charge in [-0.2, -0.15) is 4.98 Å². The monoisotopic (exact) mass is 291 g/mol. The zero-order chi connectivity index (χ0) is 14.8. The number of hydrogen-bond donors (Lipinski definition) is 1. The molecule has 0 aromatic carbocycles. The van der Waals surface area contributed by atoms with E-state index >= 15 is 0 Å². The van der Waals surface area contributed by atoms with Crippen LogP contribution in [0.4, 0.5) is 10.6 Å². The molecule has 0 spiro atoms. The molecule has 3 rings (SSSR count). The number of pyridine rings is 1. The van der Waals surface area contributed by atoms with Crippen LogP contribution in [-0.4, -0.2) is 40.4 Å². The van der Waals surface area contributed by atoms with Gasteiger partial charge in [0.15, 0.2) is 0 Å². The molecule has 3 heterocycles. The molecule has 1 aliphatic rings. The van der Waals surface area contributed by atoms with E-state index in [4.69, 9.17) is 14.3 Å². The Morgan fingerprint density at radius 3 is 3.05 bits per heavy atom. The molecule has 1 aliphatic heterocycles. The van der Waals surface area contributed by atoms with Crippen LogP contribution < -0.4 is 10.5 Å². The van der Waals surface area contributed by atoms with Crippen molar-refractivity contribution in [2.75, 3.05) is 18.1 Å². The lowest BCUT2D eigenvalue weighted by Gasteiger charge is -2.11. The van der Waals surface area contributed by atoms with Crippen molar-refractivity contribution in [3.63, 3.8) is 0 Å². The summed E-state index contributed by atoms with van der Waals surface area (Å²) in [5.74, 6) is 0.343. The summed E-state index contributed by atoms with van der Waals surface area (Å²) in [6.45, 7) is 0.404. The maximum Gasteiger partial charge on any atom is 0.415 e. The lowest BCUT2D eigenvalue weighted by atomic mass is 10.2. The zero-order valence-corrected chi connectivity index (χ0v) is 11.1. The summed E-state index contributed by atoms with van der Waals surface area (Å²) in [5, 5.41) is 8.80. The summed E-state index contributed by atoms with van der Waals surface area (Å²) in [6, 6.07) is 3.24. The highest BCUT2D eigenvalue weighted by Gasteiger charge is 2.32. The van der Waals surface area contributed by atoms with Crippen molar-refractivity contribution in [3.05, 3.63) is 28.7 Å². The van der Waals surface area contributed by atoms with E-state index in [9.17, 15) is 9.59 Å². The van der Waals surface area contributed by atoms with Gasteiger partial charge in [-0.1, -0.05) is 0 Å². The van der Waals surface area contributed by atoms with Gasteiger partial charge in [-0.05, 0) is 25.0 Å². The minimum atomic E-state index is -0.600. The Labute approximate surface area is 119 Å². The fourth-order valence-electron chi connectivity index (χ4n) is 2.17. The number of amides is 1. The van der Waals surface area contributed by atoms with E-state index in [-0.39, 0.29) is 18.4 Å². The number of aliphatic hydroxyl groups is 1. The first kappa shape index (κ1) is 13.5. The first-order valence-corrected chi connectivity index (χ1v) is 6.53. The van der Waals surface area contributed by atoms with E-state index in [2.05, 4.69) is 9.97 Å². The highest BCUT2D eigenvalue weighted by molar-refractivity contribution is 5.89. The van der Waals surface area contributed by atoms with Crippen LogP contribution in [0.2, 0.25) is 0 Å². The van der Waals surface area contributed by atoms with Gasteiger partial charge in [0.2, 0.25) is 0 Å². The van der Waals surface area contributed by atoms with Crippen molar-refractivity contribution >= 4 is 23.1 Å². The molecule has 2 aromatic rings. The molecule has 110 valence electrons. The van der Waals surface area contributed by atoms with Crippen molar-refractivity contribution < 1.29 is 19.1 Å². The number of carbonyl (C=O) groups excluding carboxylic acids is 1. The Balaban J connectivity index is 1.86. The largest absolute Gasteiger partial charge is 0.444 e. The molecule has 0 saturated carbocycles. The Kier molecular flexibility index (Phi) is 3.53. The second kappa shape index (κ2) is 5.49. The van der Waals surface area contributed by atoms with E-state index in [0.717, 1.165) is 6.20 Å². The number of hydrogen-bond acceptors (Lipinski definition) is 7. The molecular weight excluding hydrogens is 278 g/mol. The predicted molar refractivity (Wildman–Crippen MR) is 72.0 cm³/mol. The molecule has 8 nitrogen and oxygen atoms in total. The summed E-state index contributed by atoms with van der Waals surface area (Å²) in [7, 11) is 0. The molecule has 0 radical (unpaired) electrons. The summed E-state index contributed by atoms with van der Waals surface area (Å²) in [6.07, 6.45) is 1.44. The fourth-order valence-corrected chi connectivity index (χ4v) is 2.17. The standard InChI is InChI=1S/C13H13N3O5/c17-5-1-2-8-7-16(13(19)20-8)10-4-3-9-12(15-10)21-11(18)6-14-9/h3-4,6,8,17H,1-2,5,7H2/t8-/m1/s1. The van der Waals surface area contributed by atoms with Crippen LogP contribution in [0.1, 0.15) is 12.8 Å². The van der Waals surface area contributed by atoms with Crippen LogP contribution in [0.15, 0.2) is 27.5 Å². The molecule has 1 fully saturated rings. The molecular formula is C13H13N3O5. The lowest BCUT2D eigenvalue weighted by molar-refractivity contribution is 0.130. The number of cyclic esters (lactones) is 1. The lowest BCUT2D eigenvalue weighted by Crippen LogP contribution is -2.25. The number of aromatic nitrogens is 2. The summed E-state index contributed by atoms with van der Waals surface area (Å²) in [4.78, 5) is 32.4. The van der Waals surface area contributed by atoms with Gasteiger partial charge < -0.3 is 14.3 Å². The van der Waals surface area contributed by atoms with Crippen molar-refractivity contribution in [3.8, 4) is 0 Å². The Hall–Kier alpha value is -2.48. The SMILES string of the molecule is O=C1O[C@H](CCCO)CN1c1ccc2ncc(=O)oc2n1. The Morgan fingerprint density at radius 2 is 2.24 bits per heavy atom. The number of nitrogens with zero attached hydrogens (tertiary/aromatic N) is 3. The maximum absolute atomic E-state index is 11.8. The smallest absolute Gasteiger partial charge is 0.415 e. The molecule has 0 unspecified atom stereocenters. The van der Waals surface area contributed by atoms with E-state index in [0.29, 0.717) is 30.7 Å². The van der Waals surface area contributed by atoms with E-state index in [1.54, 1.807) is 12.1 Å². The molecule has 0 aliphatic carbocycles. The molecule has 21 heavy (non-hydrogen) atoms. The van der Waals surface area contributed by atoms with Gasteiger partial charge in [0.05, 0.1) is 6.54 Å². The van der Waals surface area contributed by atoms with Gasteiger partial charge in [0.25, 0.3) is 5.71 Å². The van der Waals surface area contributed by atoms with E-state index < -0.39 is 11.7 Å². The average molecular weight is 291 g/mol. The van der Waals surface area contributed by atoms with Crippen LogP contribution in [0.25, 0.3) is 11.2 Å². The van der Waals surface area contributed by atoms with Crippen molar-refractivity contribution in [2.45, 2.75) is 18.9 Å². The third kappa shape index (κ3) is 2.70. The molecule has 8 heteroatoms. The first-order chi connectivity index (χ1) is 10.2. The highest BCUT2D eigenvalue weighted by atomic mass is 16.6. The molecule has 0 bridgehead atoms. The predicted octanol–water partition coefficient (Wildman–Crippen LogP) is 0.681. The maximum atomic E-state index is 11.8. The van der Waals surface area contributed by atoms with E-state index in [1.807, 2.05) is 0 Å². The van der Waals surface area contributed by atoms with Gasteiger partial charge >= 0.3 is 11.7 Å². The topological polar surface area (TPSA) is 106 Å². The number of ether oxygens (including phenoxy) is 1. The summed E-state index contributed by atoms with van der Waals surface area (Å²) < 4.78 is 10.1. The molecule has 1 N–H and O–H groups in total. The van der Waals surface area contributed by atoms with Gasteiger partial charge in [-0.25, -0.2) is 14.6 Å². The van der Waals surface area contributed by atoms with Crippen LogP contribution in [0.5, 0.6) is 0 Å².